The molecule has 2 rings (SSSR count). The number of hydrogen-bond donors (Lipinski definition) is 2. The number of nitrogens with two attached hydrogens (primary N) is 1. The first-order chi connectivity index (χ1) is 9.51. The normalized spacial score (nSPS) is 21.1. The van der Waals surface area contributed by atoms with E-state index in [-0.39, 0.29) is 5.92 Å². The van der Waals surface area contributed by atoms with Gasteiger partial charge >= 0.3 is 0 Å². The van der Waals surface area contributed by atoms with E-state index in [1.54, 1.807) is 0 Å². The molecule has 6 nitrogen and oxygen atoms in total. The van der Waals surface area contributed by atoms with Crippen LogP contribution in [0.4, 0.5) is 11.6 Å². The van der Waals surface area contributed by atoms with Crippen LogP contribution >= 0.6 is 0 Å². The second kappa shape index (κ2) is 6.37. The van der Waals surface area contributed by atoms with E-state index in [0.29, 0.717) is 11.9 Å². The average Bonchev–Trinajstić information content (AvgIpc) is 2.58. The summed E-state index contributed by atoms with van der Waals surface area (Å²) in [5, 5.41) is 0. The van der Waals surface area contributed by atoms with E-state index in [4.69, 9.17) is 10.8 Å². The summed E-state index contributed by atoms with van der Waals surface area (Å²) in [6.45, 7) is 9.63. The predicted molar refractivity (Wildman–Crippen MR) is 82.9 cm³/mol. The lowest BCUT2D eigenvalue weighted by atomic mass is 10.2. The maximum absolute atomic E-state index is 5.54. The summed E-state index contributed by atoms with van der Waals surface area (Å²) in [5.74, 6) is 8.31. The Morgan fingerprint density at radius 2 is 2.10 bits per heavy atom. The van der Waals surface area contributed by atoms with E-state index in [2.05, 4.69) is 48.0 Å². The van der Waals surface area contributed by atoms with Crippen molar-refractivity contribution < 1.29 is 0 Å². The van der Waals surface area contributed by atoms with Gasteiger partial charge in [-0.05, 0) is 26.9 Å². The van der Waals surface area contributed by atoms with Crippen LogP contribution in [0.5, 0.6) is 0 Å². The number of anilines is 2. The van der Waals surface area contributed by atoms with Gasteiger partial charge in [-0.1, -0.05) is 13.8 Å². The molecule has 3 N–H and O–H groups in total. The van der Waals surface area contributed by atoms with E-state index >= 15 is 0 Å². The van der Waals surface area contributed by atoms with Crippen LogP contribution in [-0.4, -0.2) is 47.6 Å². The number of hydrogen-bond acceptors (Lipinski definition) is 6. The molecule has 0 amide bonds. The Bertz CT molecular complexity index is 447. The molecule has 0 radical (unpaired) electrons. The Morgan fingerprint density at radius 1 is 1.35 bits per heavy atom. The first kappa shape index (κ1) is 15.0. The minimum atomic E-state index is 0.284. The molecular formula is C14H26N6. The molecule has 0 aromatic carbocycles. The van der Waals surface area contributed by atoms with Crippen molar-refractivity contribution in [2.45, 2.75) is 39.2 Å². The fraction of sp³-hybridized carbons (Fsp3) is 0.714. The minimum Gasteiger partial charge on any atom is -0.352 e. The summed E-state index contributed by atoms with van der Waals surface area (Å²) in [6, 6.07) is 2.37. The van der Waals surface area contributed by atoms with Crippen molar-refractivity contribution >= 4 is 11.6 Å². The molecule has 1 atom stereocenters. The molecule has 1 saturated heterocycles. The summed E-state index contributed by atoms with van der Waals surface area (Å²) in [7, 11) is 2.17. The lowest BCUT2D eigenvalue weighted by Gasteiger charge is -2.29. The van der Waals surface area contributed by atoms with Gasteiger partial charge in [-0.2, -0.15) is 0 Å². The SMILES string of the molecule is CC(C)c1nc(NN)cc(N2CCCN(C)CC2C)n1. The minimum absolute atomic E-state index is 0.284. The van der Waals surface area contributed by atoms with Crippen molar-refractivity contribution in [3.05, 3.63) is 11.9 Å². The molecule has 6 heteroatoms. The van der Waals surface area contributed by atoms with Gasteiger partial charge in [0.05, 0.1) is 0 Å². The fourth-order valence-corrected chi connectivity index (χ4v) is 2.64. The van der Waals surface area contributed by atoms with Crippen molar-refractivity contribution in [1.29, 1.82) is 0 Å². The highest BCUT2D eigenvalue weighted by atomic mass is 15.3. The molecule has 20 heavy (non-hydrogen) atoms. The summed E-state index contributed by atoms with van der Waals surface area (Å²) < 4.78 is 0. The van der Waals surface area contributed by atoms with Gasteiger partial charge in [-0.3, -0.25) is 0 Å². The number of nitrogens with one attached hydrogen (secondary N) is 1. The zero-order valence-electron chi connectivity index (χ0n) is 12.9. The number of nitrogen functional groups attached to an aromatic ring is 1. The second-order valence-corrected chi connectivity index (χ2v) is 5.93. The van der Waals surface area contributed by atoms with Crippen LogP contribution in [0.2, 0.25) is 0 Å². The second-order valence-electron chi connectivity index (χ2n) is 5.93. The lowest BCUT2D eigenvalue weighted by Crippen LogP contribution is -2.38. The molecule has 1 aliphatic heterocycles. The molecular weight excluding hydrogens is 252 g/mol. The van der Waals surface area contributed by atoms with Gasteiger partial charge in [0, 0.05) is 31.1 Å². The van der Waals surface area contributed by atoms with E-state index in [1.807, 2.05) is 6.07 Å². The quantitative estimate of drug-likeness (QED) is 0.643. The van der Waals surface area contributed by atoms with Crippen molar-refractivity contribution in [2.75, 3.05) is 37.0 Å². The van der Waals surface area contributed by atoms with Crippen LogP contribution in [0, 0.1) is 0 Å². The maximum atomic E-state index is 5.54. The van der Waals surface area contributed by atoms with Gasteiger partial charge < -0.3 is 15.2 Å². The summed E-state index contributed by atoms with van der Waals surface area (Å²) >= 11 is 0. The summed E-state index contributed by atoms with van der Waals surface area (Å²) in [5.41, 5.74) is 2.65. The Labute approximate surface area is 121 Å². The van der Waals surface area contributed by atoms with E-state index in [1.165, 1.54) is 0 Å². The average molecular weight is 278 g/mol. The van der Waals surface area contributed by atoms with Gasteiger partial charge in [-0.25, -0.2) is 15.8 Å². The van der Waals surface area contributed by atoms with Gasteiger partial charge in [-0.15, -0.1) is 0 Å². The van der Waals surface area contributed by atoms with Gasteiger partial charge in [0.15, 0.2) is 0 Å². The monoisotopic (exact) mass is 278 g/mol. The van der Waals surface area contributed by atoms with E-state index in [0.717, 1.165) is 37.7 Å². The lowest BCUT2D eigenvalue weighted by molar-refractivity contribution is 0.337. The molecule has 0 bridgehead atoms. The highest BCUT2D eigenvalue weighted by Crippen LogP contribution is 2.23. The molecule has 1 fully saturated rings. The molecule has 1 aliphatic rings. The van der Waals surface area contributed by atoms with Gasteiger partial charge in [0.2, 0.25) is 0 Å². The van der Waals surface area contributed by atoms with Gasteiger partial charge in [0.25, 0.3) is 0 Å². The van der Waals surface area contributed by atoms with Crippen molar-refractivity contribution in [3.63, 3.8) is 0 Å². The summed E-state index contributed by atoms with van der Waals surface area (Å²) in [4.78, 5) is 13.9. The third-order valence-electron chi connectivity index (χ3n) is 3.74. The zero-order valence-corrected chi connectivity index (χ0v) is 12.9. The van der Waals surface area contributed by atoms with Crippen molar-refractivity contribution in [3.8, 4) is 0 Å². The molecule has 112 valence electrons. The largest absolute Gasteiger partial charge is 0.352 e. The Kier molecular flexibility index (Phi) is 4.77. The highest BCUT2D eigenvalue weighted by molar-refractivity contribution is 5.50. The summed E-state index contributed by atoms with van der Waals surface area (Å²) in [6.07, 6.45) is 1.15. The zero-order chi connectivity index (χ0) is 14.7. The third kappa shape index (κ3) is 3.37. The van der Waals surface area contributed by atoms with Crippen LogP contribution in [0.15, 0.2) is 6.07 Å². The molecule has 1 aromatic heterocycles. The maximum Gasteiger partial charge on any atom is 0.145 e. The van der Waals surface area contributed by atoms with Crippen LogP contribution in [0.1, 0.15) is 38.9 Å². The number of aromatic nitrogens is 2. The van der Waals surface area contributed by atoms with Gasteiger partial charge in [0.1, 0.15) is 17.5 Å². The van der Waals surface area contributed by atoms with Crippen molar-refractivity contribution in [2.24, 2.45) is 5.84 Å². The topological polar surface area (TPSA) is 70.3 Å². The standard InChI is InChI=1S/C14H26N6/c1-10(2)14-16-12(18-15)8-13(17-14)20-7-5-6-19(4)9-11(20)3/h8,10-11H,5-7,9,15H2,1-4H3,(H,16,17,18). The van der Waals surface area contributed by atoms with Crippen LogP contribution in [-0.2, 0) is 0 Å². The smallest absolute Gasteiger partial charge is 0.145 e. The van der Waals surface area contributed by atoms with E-state index in [9.17, 15) is 0 Å². The highest BCUT2D eigenvalue weighted by Gasteiger charge is 2.22. The van der Waals surface area contributed by atoms with Crippen LogP contribution in [0.25, 0.3) is 0 Å². The van der Waals surface area contributed by atoms with Crippen LogP contribution < -0.4 is 16.2 Å². The first-order valence-corrected chi connectivity index (χ1v) is 7.32. The van der Waals surface area contributed by atoms with E-state index < -0.39 is 0 Å². The number of likely N-dealkylation sites (N-methyl/N-ethyl adjacent to an activating group) is 1. The van der Waals surface area contributed by atoms with Crippen LogP contribution in [0.3, 0.4) is 0 Å². The molecule has 0 aliphatic carbocycles. The number of hydrazine groups is 1. The Balaban J connectivity index is 2.32. The Morgan fingerprint density at radius 3 is 2.75 bits per heavy atom. The predicted octanol–water partition coefficient (Wildman–Crippen LogP) is 1.42. The third-order valence-corrected chi connectivity index (χ3v) is 3.74. The first-order valence-electron chi connectivity index (χ1n) is 7.32. The molecule has 1 unspecified atom stereocenters. The Hall–Kier alpha value is -1.40. The molecule has 0 saturated carbocycles. The number of nitrogens with zero attached hydrogens (tertiary/aromatic N) is 4. The molecule has 1 aromatic rings. The molecule has 2 heterocycles. The number of rotatable bonds is 3. The molecule has 0 spiro atoms. The fourth-order valence-electron chi connectivity index (χ4n) is 2.64. The van der Waals surface area contributed by atoms with Crippen molar-refractivity contribution in [1.82, 2.24) is 14.9 Å².